The minimum absolute atomic E-state index is 0.841. The topological polar surface area (TPSA) is 21.3 Å². The SMILES string of the molecule is c1cc2c(cc1CCCNC1CC1)CCO2. The Bertz CT molecular complexity index is 371. The van der Waals surface area contributed by atoms with Crippen LogP contribution in [0.25, 0.3) is 0 Å². The predicted molar refractivity (Wildman–Crippen MR) is 65.0 cm³/mol. The summed E-state index contributed by atoms with van der Waals surface area (Å²) in [5.74, 6) is 1.10. The van der Waals surface area contributed by atoms with Crippen LogP contribution in [0.2, 0.25) is 0 Å². The molecule has 3 rings (SSSR count). The Morgan fingerprint density at radius 3 is 3.12 bits per heavy atom. The third-order valence-corrected chi connectivity index (χ3v) is 3.41. The second kappa shape index (κ2) is 4.46. The van der Waals surface area contributed by atoms with E-state index >= 15 is 0 Å². The van der Waals surface area contributed by atoms with E-state index < -0.39 is 0 Å². The molecule has 0 unspecified atom stereocenters. The molecule has 1 aromatic rings. The van der Waals surface area contributed by atoms with Gasteiger partial charge in [-0.1, -0.05) is 12.1 Å². The lowest BCUT2D eigenvalue weighted by molar-refractivity contribution is 0.357. The van der Waals surface area contributed by atoms with Gasteiger partial charge in [0.25, 0.3) is 0 Å². The Labute approximate surface area is 97.0 Å². The summed E-state index contributed by atoms with van der Waals surface area (Å²) in [6.07, 6.45) is 6.29. The summed E-state index contributed by atoms with van der Waals surface area (Å²) in [6, 6.07) is 7.50. The number of hydrogen-bond acceptors (Lipinski definition) is 2. The van der Waals surface area contributed by atoms with Crippen LogP contribution in [0.3, 0.4) is 0 Å². The first-order valence-electron chi connectivity index (χ1n) is 6.40. The highest BCUT2D eigenvalue weighted by Crippen LogP contribution is 2.26. The standard InChI is InChI=1S/C14H19NO/c1(8-15-13-4-5-13)2-11-3-6-14-12(10-11)7-9-16-14/h3,6,10,13,15H,1-2,4-5,7-9H2. The highest BCUT2D eigenvalue weighted by molar-refractivity contribution is 5.39. The van der Waals surface area contributed by atoms with Gasteiger partial charge in [-0.15, -0.1) is 0 Å². The number of ether oxygens (including phenoxy) is 1. The van der Waals surface area contributed by atoms with Crippen molar-refractivity contribution in [2.24, 2.45) is 0 Å². The Morgan fingerprint density at radius 1 is 1.31 bits per heavy atom. The average molecular weight is 217 g/mol. The minimum Gasteiger partial charge on any atom is -0.493 e. The van der Waals surface area contributed by atoms with Gasteiger partial charge in [0.05, 0.1) is 6.61 Å². The normalized spacial score (nSPS) is 18.2. The molecule has 1 aliphatic carbocycles. The van der Waals surface area contributed by atoms with Gasteiger partial charge in [0, 0.05) is 12.5 Å². The fraction of sp³-hybridized carbons (Fsp3) is 0.571. The van der Waals surface area contributed by atoms with Gasteiger partial charge in [0.2, 0.25) is 0 Å². The van der Waals surface area contributed by atoms with Gasteiger partial charge in [0.1, 0.15) is 5.75 Å². The maximum Gasteiger partial charge on any atom is 0.122 e. The first kappa shape index (κ1) is 10.2. The van der Waals surface area contributed by atoms with E-state index in [-0.39, 0.29) is 0 Å². The van der Waals surface area contributed by atoms with Crippen LogP contribution in [-0.2, 0) is 12.8 Å². The number of rotatable bonds is 5. The van der Waals surface area contributed by atoms with Gasteiger partial charge in [-0.3, -0.25) is 0 Å². The second-order valence-corrected chi connectivity index (χ2v) is 4.87. The third-order valence-electron chi connectivity index (χ3n) is 3.41. The zero-order valence-corrected chi connectivity index (χ0v) is 9.67. The van der Waals surface area contributed by atoms with Crippen LogP contribution in [0, 0.1) is 0 Å². The summed E-state index contributed by atoms with van der Waals surface area (Å²) in [6.45, 7) is 2.03. The Kier molecular flexibility index (Phi) is 2.83. The molecule has 1 N–H and O–H groups in total. The largest absolute Gasteiger partial charge is 0.493 e. The van der Waals surface area contributed by atoms with Gasteiger partial charge in [-0.2, -0.15) is 0 Å². The molecular formula is C14H19NO. The molecular weight excluding hydrogens is 198 g/mol. The predicted octanol–water partition coefficient (Wildman–Crippen LogP) is 2.31. The number of aryl methyl sites for hydroxylation is 1. The minimum atomic E-state index is 0.841. The van der Waals surface area contributed by atoms with E-state index in [2.05, 4.69) is 23.5 Å². The molecule has 0 atom stereocenters. The summed E-state index contributed by atoms with van der Waals surface area (Å²) in [4.78, 5) is 0. The number of fused-ring (bicyclic) bond motifs is 1. The van der Waals surface area contributed by atoms with Gasteiger partial charge in [-0.05, 0) is 49.4 Å². The monoisotopic (exact) mass is 217 g/mol. The Morgan fingerprint density at radius 2 is 2.25 bits per heavy atom. The summed E-state index contributed by atoms with van der Waals surface area (Å²) in [7, 11) is 0. The zero-order valence-electron chi connectivity index (χ0n) is 9.67. The molecule has 0 saturated heterocycles. The molecule has 1 saturated carbocycles. The molecule has 0 aromatic heterocycles. The van der Waals surface area contributed by atoms with Crippen molar-refractivity contribution in [3.8, 4) is 5.75 Å². The van der Waals surface area contributed by atoms with Crippen LogP contribution in [0.4, 0.5) is 0 Å². The lowest BCUT2D eigenvalue weighted by atomic mass is 10.0. The van der Waals surface area contributed by atoms with E-state index in [9.17, 15) is 0 Å². The summed E-state index contributed by atoms with van der Waals surface area (Å²) >= 11 is 0. The van der Waals surface area contributed by atoms with Crippen molar-refractivity contribution in [1.29, 1.82) is 0 Å². The van der Waals surface area contributed by atoms with Crippen LogP contribution in [0.1, 0.15) is 30.4 Å². The number of nitrogens with one attached hydrogen (secondary N) is 1. The lowest BCUT2D eigenvalue weighted by Crippen LogP contribution is -2.17. The van der Waals surface area contributed by atoms with E-state index in [1.807, 2.05) is 0 Å². The van der Waals surface area contributed by atoms with Gasteiger partial charge in [-0.25, -0.2) is 0 Å². The fourth-order valence-electron chi connectivity index (χ4n) is 2.28. The zero-order chi connectivity index (χ0) is 10.8. The van der Waals surface area contributed by atoms with E-state index in [0.717, 1.165) is 31.4 Å². The highest BCUT2D eigenvalue weighted by atomic mass is 16.5. The first-order valence-corrected chi connectivity index (χ1v) is 6.40. The fourth-order valence-corrected chi connectivity index (χ4v) is 2.28. The summed E-state index contributed by atoms with van der Waals surface area (Å²) in [5.41, 5.74) is 2.86. The molecule has 16 heavy (non-hydrogen) atoms. The average Bonchev–Trinajstić information content (AvgIpc) is 3.01. The number of benzene rings is 1. The van der Waals surface area contributed by atoms with Crippen molar-refractivity contribution >= 4 is 0 Å². The molecule has 1 aromatic carbocycles. The van der Waals surface area contributed by atoms with Crippen molar-refractivity contribution in [1.82, 2.24) is 5.32 Å². The molecule has 0 bridgehead atoms. The molecule has 0 spiro atoms. The second-order valence-electron chi connectivity index (χ2n) is 4.87. The van der Waals surface area contributed by atoms with Crippen molar-refractivity contribution in [3.05, 3.63) is 29.3 Å². The molecule has 0 amide bonds. The van der Waals surface area contributed by atoms with Crippen molar-refractivity contribution in [2.45, 2.75) is 38.1 Å². The van der Waals surface area contributed by atoms with E-state index in [0.29, 0.717) is 0 Å². The van der Waals surface area contributed by atoms with Crippen molar-refractivity contribution < 1.29 is 4.74 Å². The third kappa shape index (κ3) is 2.38. The molecule has 1 fully saturated rings. The van der Waals surface area contributed by atoms with E-state index in [1.54, 1.807) is 0 Å². The maximum atomic E-state index is 5.51. The lowest BCUT2D eigenvalue weighted by Gasteiger charge is -2.05. The Hall–Kier alpha value is -1.02. The highest BCUT2D eigenvalue weighted by Gasteiger charge is 2.19. The quantitative estimate of drug-likeness (QED) is 0.764. The van der Waals surface area contributed by atoms with E-state index in [4.69, 9.17) is 4.74 Å². The van der Waals surface area contributed by atoms with Crippen molar-refractivity contribution in [3.63, 3.8) is 0 Å². The summed E-state index contributed by atoms with van der Waals surface area (Å²) < 4.78 is 5.51. The first-order chi connectivity index (χ1) is 7.92. The molecule has 2 aliphatic rings. The summed E-state index contributed by atoms with van der Waals surface area (Å²) in [5, 5.41) is 3.55. The number of hydrogen-bond donors (Lipinski definition) is 1. The van der Waals surface area contributed by atoms with Crippen LogP contribution in [0.5, 0.6) is 5.75 Å². The maximum absolute atomic E-state index is 5.51. The molecule has 86 valence electrons. The molecule has 2 heteroatoms. The molecule has 2 nitrogen and oxygen atoms in total. The smallest absolute Gasteiger partial charge is 0.122 e. The van der Waals surface area contributed by atoms with Crippen molar-refractivity contribution in [2.75, 3.05) is 13.2 Å². The van der Waals surface area contributed by atoms with Gasteiger partial charge >= 0.3 is 0 Å². The van der Waals surface area contributed by atoms with Crippen LogP contribution >= 0.6 is 0 Å². The van der Waals surface area contributed by atoms with Crippen LogP contribution in [-0.4, -0.2) is 19.2 Å². The van der Waals surface area contributed by atoms with E-state index in [1.165, 1.54) is 36.8 Å². The molecule has 1 heterocycles. The van der Waals surface area contributed by atoms with Gasteiger partial charge < -0.3 is 10.1 Å². The molecule has 1 aliphatic heterocycles. The van der Waals surface area contributed by atoms with Crippen LogP contribution in [0.15, 0.2) is 18.2 Å². The van der Waals surface area contributed by atoms with Crippen LogP contribution < -0.4 is 10.1 Å². The Balaban J connectivity index is 1.49. The molecule has 0 radical (unpaired) electrons. The van der Waals surface area contributed by atoms with Gasteiger partial charge in [0.15, 0.2) is 0 Å².